The van der Waals surface area contributed by atoms with E-state index in [2.05, 4.69) is 5.43 Å². The van der Waals surface area contributed by atoms with Gasteiger partial charge in [-0.3, -0.25) is 5.84 Å². The minimum absolute atomic E-state index is 0.183. The predicted molar refractivity (Wildman–Crippen MR) is 81.2 cm³/mol. The summed E-state index contributed by atoms with van der Waals surface area (Å²) in [4.78, 5) is 0.978. The second-order valence-corrected chi connectivity index (χ2v) is 5.79. The molecule has 1 atom stereocenters. The normalized spacial score (nSPS) is 12.5. The van der Waals surface area contributed by atoms with E-state index in [0.29, 0.717) is 10.8 Å². The maximum Gasteiger partial charge on any atom is 0.137 e. The first-order valence-corrected chi connectivity index (χ1v) is 7.25. The zero-order valence-corrected chi connectivity index (χ0v) is 12.9. The number of ether oxygens (including phenoxy) is 1. The molecule has 0 aliphatic rings. The van der Waals surface area contributed by atoms with Gasteiger partial charge in [-0.2, -0.15) is 0 Å². The number of aryl methyl sites for hydroxylation is 1. The summed E-state index contributed by atoms with van der Waals surface area (Å²) in [5, 5.41) is 3.31. The van der Waals surface area contributed by atoms with Gasteiger partial charge in [0.1, 0.15) is 5.75 Å². The summed E-state index contributed by atoms with van der Waals surface area (Å²) in [5.41, 5.74) is 4.78. The molecule has 0 radical (unpaired) electrons. The fourth-order valence-corrected chi connectivity index (χ4v) is 3.41. The number of nitrogens with two attached hydrogens (primary N) is 1. The number of rotatable bonds is 4. The molecule has 2 rings (SSSR count). The molecule has 3 N–H and O–H groups in total. The zero-order valence-electron chi connectivity index (χ0n) is 10.5. The van der Waals surface area contributed by atoms with E-state index in [0.717, 1.165) is 21.0 Å². The van der Waals surface area contributed by atoms with Crippen LogP contribution in [-0.2, 0) is 0 Å². The van der Waals surface area contributed by atoms with Gasteiger partial charge in [0.2, 0.25) is 0 Å². The second kappa shape index (κ2) is 6.11. The highest BCUT2D eigenvalue weighted by atomic mass is 35.5. The first kappa shape index (κ1) is 14.6. The minimum Gasteiger partial charge on any atom is -0.495 e. The van der Waals surface area contributed by atoms with Crippen molar-refractivity contribution >= 4 is 34.5 Å². The Morgan fingerprint density at radius 1 is 1.37 bits per heavy atom. The van der Waals surface area contributed by atoms with Gasteiger partial charge < -0.3 is 4.74 Å². The second-order valence-electron chi connectivity index (χ2n) is 4.09. The third kappa shape index (κ3) is 2.88. The van der Waals surface area contributed by atoms with Crippen molar-refractivity contribution in [3.05, 3.63) is 49.6 Å². The SMILES string of the molecule is COc1cc(C(NN)c2scc(C)c2Cl)ccc1Cl. The molecule has 102 valence electrons. The maximum absolute atomic E-state index is 6.29. The van der Waals surface area contributed by atoms with Gasteiger partial charge in [-0.25, -0.2) is 5.43 Å². The number of halogens is 2. The van der Waals surface area contributed by atoms with E-state index in [4.69, 9.17) is 33.8 Å². The Bertz CT molecular complexity index is 586. The lowest BCUT2D eigenvalue weighted by atomic mass is 10.1. The van der Waals surface area contributed by atoms with Gasteiger partial charge >= 0.3 is 0 Å². The van der Waals surface area contributed by atoms with Crippen LogP contribution >= 0.6 is 34.5 Å². The van der Waals surface area contributed by atoms with Crippen LogP contribution in [0.1, 0.15) is 22.0 Å². The first-order chi connectivity index (χ1) is 9.08. The highest BCUT2D eigenvalue weighted by Crippen LogP contribution is 2.37. The van der Waals surface area contributed by atoms with Crippen LogP contribution in [0.3, 0.4) is 0 Å². The lowest BCUT2D eigenvalue weighted by Crippen LogP contribution is -2.28. The summed E-state index contributed by atoms with van der Waals surface area (Å²) in [6, 6.07) is 5.37. The molecule has 1 aromatic heterocycles. The Labute approximate surface area is 126 Å². The van der Waals surface area contributed by atoms with Gasteiger partial charge in [0.15, 0.2) is 0 Å². The lowest BCUT2D eigenvalue weighted by molar-refractivity contribution is 0.414. The Hall–Kier alpha value is -0.780. The smallest absolute Gasteiger partial charge is 0.137 e. The van der Waals surface area contributed by atoms with Crippen LogP contribution in [0.4, 0.5) is 0 Å². The highest BCUT2D eigenvalue weighted by Gasteiger charge is 2.19. The molecule has 0 amide bonds. The standard InChI is InChI=1S/C13H14Cl2N2OS/c1-7-6-19-13(11(7)15)12(17-16)8-3-4-9(14)10(5-8)18-2/h3-6,12,17H,16H2,1-2H3. The topological polar surface area (TPSA) is 47.3 Å². The molecule has 0 bridgehead atoms. The molecule has 19 heavy (non-hydrogen) atoms. The average molecular weight is 317 g/mol. The fourth-order valence-electron chi connectivity index (χ4n) is 1.82. The van der Waals surface area contributed by atoms with Crippen LogP contribution in [0, 0.1) is 6.92 Å². The molecule has 1 heterocycles. The molecular formula is C13H14Cl2N2OS. The Morgan fingerprint density at radius 2 is 2.11 bits per heavy atom. The lowest BCUT2D eigenvalue weighted by Gasteiger charge is -2.17. The summed E-state index contributed by atoms with van der Waals surface area (Å²) < 4.78 is 5.22. The fraction of sp³-hybridized carbons (Fsp3) is 0.231. The van der Waals surface area contributed by atoms with Crippen LogP contribution in [0.25, 0.3) is 0 Å². The van der Waals surface area contributed by atoms with Crippen molar-refractivity contribution in [1.82, 2.24) is 5.43 Å². The van der Waals surface area contributed by atoms with E-state index in [1.54, 1.807) is 24.5 Å². The van der Waals surface area contributed by atoms with Crippen LogP contribution < -0.4 is 16.0 Å². The molecule has 0 spiro atoms. The largest absolute Gasteiger partial charge is 0.495 e. The summed E-state index contributed by atoms with van der Waals surface area (Å²) >= 11 is 13.9. The van der Waals surface area contributed by atoms with E-state index in [9.17, 15) is 0 Å². The molecule has 0 aliphatic carbocycles. The first-order valence-electron chi connectivity index (χ1n) is 5.61. The van der Waals surface area contributed by atoms with Crippen molar-refractivity contribution in [3.63, 3.8) is 0 Å². The zero-order chi connectivity index (χ0) is 14.0. The molecular weight excluding hydrogens is 303 g/mol. The maximum atomic E-state index is 6.29. The van der Waals surface area contributed by atoms with Crippen molar-refractivity contribution in [2.45, 2.75) is 13.0 Å². The van der Waals surface area contributed by atoms with Crippen molar-refractivity contribution in [1.29, 1.82) is 0 Å². The van der Waals surface area contributed by atoms with Crippen molar-refractivity contribution < 1.29 is 4.74 Å². The van der Waals surface area contributed by atoms with E-state index in [-0.39, 0.29) is 6.04 Å². The minimum atomic E-state index is -0.183. The van der Waals surface area contributed by atoms with E-state index in [1.807, 2.05) is 24.4 Å². The quantitative estimate of drug-likeness (QED) is 0.663. The molecule has 6 heteroatoms. The summed E-state index contributed by atoms with van der Waals surface area (Å²) in [5.74, 6) is 6.28. The van der Waals surface area contributed by atoms with Crippen LogP contribution in [0.5, 0.6) is 5.75 Å². The van der Waals surface area contributed by atoms with E-state index < -0.39 is 0 Å². The monoisotopic (exact) mass is 316 g/mol. The summed E-state index contributed by atoms with van der Waals surface area (Å²) in [6.07, 6.45) is 0. The number of thiophene rings is 1. The number of nitrogens with one attached hydrogen (secondary N) is 1. The van der Waals surface area contributed by atoms with Crippen LogP contribution in [0.15, 0.2) is 23.6 Å². The summed E-state index contributed by atoms with van der Waals surface area (Å²) in [7, 11) is 1.58. The molecule has 0 fully saturated rings. The molecule has 3 nitrogen and oxygen atoms in total. The van der Waals surface area contributed by atoms with Crippen molar-refractivity contribution in [2.24, 2.45) is 5.84 Å². The van der Waals surface area contributed by atoms with E-state index in [1.165, 1.54) is 0 Å². The third-order valence-electron chi connectivity index (χ3n) is 2.86. The molecule has 0 saturated carbocycles. The van der Waals surface area contributed by atoms with Gasteiger partial charge in [-0.1, -0.05) is 29.3 Å². The van der Waals surface area contributed by atoms with Gasteiger partial charge in [0, 0.05) is 4.88 Å². The van der Waals surface area contributed by atoms with Crippen LogP contribution in [0.2, 0.25) is 10.0 Å². The van der Waals surface area contributed by atoms with Gasteiger partial charge in [-0.15, -0.1) is 11.3 Å². The molecule has 1 aromatic carbocycles. The van der Waals surface area contributed by atoms with Crippen LogP contribution in [-0.4, -0.2) is 7.11 Å². The number of hydrogen-bond donors (Lipinski definition) is 2. The third-order valence-corrected chi connectivity index (χ3v) is 4.95. The van der Waals surface area contributed by atoms with E-state index >= 15 is 0 Å². The Morgan fingerprint density at radius 3 is 2.63 bits per heavy atom. The number of methoxy groups -OCH3 is 1. The predicted octanol–water partition coefficient (Wildman–Crippen LogP) is 3.92. The van der Waals surface area contributed by atoms with Gasteiger partial charge in [0.25, 0.3) is 0 Å². The van der Waals surface area contributed by atoms with Gasteiger partial charge in [0.05, 0.1) is 23.2 Å². The van der Waals surface area contributed by atoms with Crippen molar-refractivity contribution in [3.8, 4) is 5.75 Å². The highest BCUT2D eigenvalue weighted by molar-refractivity contribution is 7.10. The number of hydrogen-bond acceptors (Lipinski definition) is 4. The Balaban J connectivity index is 2.45. The number of hydrazine groups is 1. The van der Waals surface area contributed by atoms with Gasteiger partial charge in [-0.05, 0) is 35.6 Å². The average Bonchev–Trinajstić information content (AvgIpc) is 2.74. The summed E-state index contributed by atoms with van der Waals surface area (Å²) in [6.45, 7) is 1.97. The number of benzene rings is 1. The molecule has 1 unspecified atom stereocenters. The molecule has 2 aromatic rings. The Kier molecular flexibility index (Phi) is 4.71. The molecule has 0 saturated heterocycles. The molecule has 0 aliphatic heterocycles. The van der Waals surface area contributed by atoms with Crippen molar-refractivity contribution in [2.75, 3.05) is 7.11 Å².